The normalized spacial score (nSPS) is 15.9. The molecular weight excluding hydrogens is 393 g/mol. The lowest BCUT2D eigenvalue weighted by atomic mass is 10.1. The van der Waals surface area contributed by atoms with Crippen LogP contribution in [0.2, 0.25) is 0 Å². The summed E-state index contributed by atoms with van der Waals surface area (Å²) in [4.78, 5) is 17.0. The molecule has 29 heavy (non-hydrogen) atoms. The number of halogens is 1. The molecule has 0 atom stereocenters. The highest BCUT2D eigenvalue weighted by molar-refractivity contribution is 7.89. The Morgan fingerprint density at radius 2 is 1.76 bits per heavy atom. The molecule has 1 aliphatic rings. The summed E-state index contributed by atoms with van der Waals surface area (Å²) in [6.45, 7) is 6.80. The van der Waals surface area contributed by atoms with E-state index in [0.29, 0.717) is 42.9 Å². The Morgan fingerprint density at radius 1 is 1.07 bits per heavy atom. The van der Waals surface area contributed by atoms with Crippen LogP contribution in [0.1, 0.15) is 33.5 Å². The third-order valence-corrected chi connectivity index (χ3v) is 6.41. The molecule has 1 fully saturated rings. The second-order valence-corrected chi connectivity index (χ2v) is 9.04. The molecule has 8 heteroatoms. The van der Waals surface area contributed by atoms with Gasteiger partial charge in [-0.15, -0.1) is 0 Å². The summed E-state index contributed by atoms with van der Waals surface area (Å²) in [5.74, 6) is -0.449. The molecule has 0 unspecified atom stereocenters. The van der Waals surface area contributed by atoms with E-state index in [-0.39, 0.29) is 16.6 Å². The van der Waals surface area contributed by atoms with Gasteiger partial charge in [-0.2, -0.15) is 0 Å². The average Bonchev–Trinajstić information content (AvgIpc) is 2.90. The van der Waals surface area contributed by atoms with E-state index in [4.69, 9.17) is 5.14 Å². The van der Waals surface area contributed by atoms with Gasteiger partial charge in [0.1, 0.15) is 5.82 Å². The molecule has 1 aliphatic heterocycles. The quantitative estimate of drug-likeness (QED) is 0.825. The van der Waals surface area contributed by atoms with Crippen LogP contribution >= 0.6 is 0 Å². The molecule has 0 spiro atoms. The van der Waals surface area contributed by atoms with Crippen molar-refractivity contribution in [1.29, 1.82) is 0 Å². The molecule has 0 radical (unpaired) electrons. The smallest absolute Gasteiger partial charge is 0.253 e. The monoisotopic (exact) mass is 419 g/mol. The summed E-state index contributed by atoms with van der Waals surface area (Å²) >= 11 is 0. The van der Waals surface area contributed by atoms with Crippen LogP contribution in [0.25, 0.3) is 0 Å². The first-order chi connectivity index (χ1) is 13.6. The molecule has 156 valence electrons. The zero-order valence-corrected chi connectivity index (χ0v) is 17.5. The second-order valence-electron chi connectivity index (χ2n) is 7.51. The number of hydrogen-bond donors (Lipinski definition) is 1. The van der Waals surface area contributed by atoms with Gasteiger partial charge in [0, 0.05) is 38.3 Å². The van der Waals surface area contributed by atoms with Gasteiger partial charge in [-0.1, -0.05) is 12.1 Å². The number of nitrogens with zero attached hydrogens (tertiary/aromatic N) is 2. The second kappa shape index (κ2) is 8.61. The molecule has 2 aromatic carbocycles. The average molecular weight is 420 g/mol. The summed E-state index contributed by atoms with van der Waals surface area (Å²) in [6.07, 6.45) is 0.805. The lowest BCUT2D eigenvalue weighted by Gasteiger charge is -2.23. The van der Waals surface area contributed by atoms with Crippen LogP contribution in [0.5, 0.6) is 0 Å². The minimum Gasteiger partial charge on any atom is -0.337 e. The largest absolute Gasteiger partial charge is 0.337 e. The molecule has 2 N–H and O–H groups in total. The molecule has 1 heterocycles. The van der Waals surface area contributed by atoms with Crippen molar-refractivity contribution >= 4 is 15.9 Å². The van der Waals surface area contributed by atoms with Gasteiger partial charge >= 0.3 is 0 Å². The molecule has 1 amide bonds. The molecule has 0 bridgehead atoms. The van der Waals surface area contributed by atoms with Gasteiger partial charge < -0.3 is 4.90 Å². The number of amides is 1. The van der Waals surface area contributed by atoms with Crippen molar-refractivity contribution in [3.8, 4) is 0 Å². The Kier molecular flexibility index (Phi) is 6.36. The zero-order chi connectivity index (χ0) is 21.2. The molecule has 6 nitrogen and oxygen atoms in total. The van der Waals surface area contributed by atoms with Crippen molar-refractivity contribution in [2.75, 3.05) is 26.2 Å². The fraction of sp³-hybridized carbons (Fsp3) is 0.381. The Bertz CT molecular complexity index is 1010. The molecular formula is C21H26FN3O3S. The van der Waals surface area contributed by atoms with Gasteiger partial charge in [0.2, 0.25) is 10.0 Å². The lowest BCUT2D eigenvalue weighted by molar-refractivity contribution is 0.0760. The Labute approximate surface area is 171 Å². The van der Waals surface area contributed by atoms with Crippen molar-refractivity contribution in [1.82, 2.24) is 9.80 Å². The summed E-state index contributed by atoms with van der Waals surface area (Å²) < 4.78 is 36.8. The van der Waals surface area contributed by atoms with Crippen LogP contribution < -0.4 is 5.14 Å². The van der Waals surface area contributed by atoms with Crippen LogP contribution in [0.15, 0.2) is 41.3 Å². The fourth-order valence-electron chi connectivity index (χ4n) is 3.61. The molecule has 0 aliphatic carbocycles. The van der Waals surface area contributed by atoms with Crippen molar-refractivity contribution in [3.63, 3.8) is 0 Å². The maximum atomic E-state index is 13.1. The summed E-state index contributed by atoms with van der Waals surface area (Å²) in [5, 5.41) is 5.32. The topological polar surface area (TPSA) is 83.7 Å². The van der Waals surface area contributed by atoms with Gasteiger partial charge in [-0.3, -0.25) is 9.69 Å². The third-order valence-electron chi connectivity index (χ3n) is 5.37. The molecule has 3 rings (SSSR count). The van der Waals surface area contributed by atoms with E-state index in [2.05, 4.69) is 4.90 Å². The van der Waals surface area contributed by atoms with Crippen LogP contribution in [0.4, 0.5) is 4.39 Å². The number of sulfonamides is 1. The number of hydrogen-bond acceptors (Lipinski definition) is 4. The minimum atomic E-state index is -3.90. The molecule has 1 saturated heterocycles. The predicted molar refractivity (Wildman–Crippen MR) is 109 cm³/mol. The summed E-state index contributed by atoms with van der Waals surface area (Å²) in [7, 11) is -3.90. The van der Waals surface area contributed by atoms with Crippen LogP contribution in [-0.2, 0) is 16.6 Å². The molecule has 0 saturated carbocycles. The number of primary sulfonamides is 1. The number of nitrogens with two attached hydrogens (primary N) is 1. The first kappa shape index (κ1) is 21.4. The Morgan fingerprint density at radius 3 is 2.41 bits per heavy atom. The van der Waals surface area contributed by atoms with E-state index in [1.807, 2.05) is 0 Å². The van der Waals surface area contributed by atoms with Crippen molar-refractivity contribution in [2.45, 2.75) is 31.7 Å². The van der Waals surface area contributed by atoms with Gasteiger partial charge in [0.05, 0.1) is 4.90 Å². The third kappa shape index (κ3) is 5.20. The maximum Gasteiger partial charge on any atom is 0.253 e. The van der Waals surface area contributed by atoms with E-state index in [0.717, 1.165) is 18.5 Å². The van der Waals surface area contributed by atoms with E-state index >= 15 is 0 Å². The Hall–Kier alpha value is -2.29. The highest BCUT2D eigenvalue weighted by Crippen LogP contribution is 2.22. The van der Waals surface area contributed by atoms with Gasteiger partial charge in [-0.25, -0.2) is 17.9 Å². The summed E-state index contributed by atoms with van der Waals surface area (Å²) in [6, 6.07) is 9.53. The first-order valence-electron chi connectivity index (χ1n) is 9.55. The van der Waals surface area contributed by atoms with Gasteiger partial charge in [0.15, 0.2) is 0 Å². The van der Waals surface area contributed by atoms with Gasteiger partial charge in [0.25, 0.3) is 5.91 Å². The highest BCUT2D eigenvalue weighted by Gasteiger charge is 2.23. The van der Waals surface area contributed by atoms with Crippen molar-refractivity contribution in [3.05, 3.63) is 64.5 Å². The van der Waals surface area contributed by atoms with Crippen LogP contribution in [-0.4, -0.2) is 50.3 Å². The maximum absolute atomic E-state index is 13.1. The van der Waals surface area contributed by atoms with E-state index in [1.165, 1.54) is 18.2 Å². The van der Waals surface area contributed by atoms with E-state index in [1.54, 1.807) is 36.9 Å². The summed E-state index contributed by atoms with van der Waals surface area (Å²) in [5.41, 5.74) is 2.64. The van der Waals surface area contributed by atoms with Crippen LogP contribution in [0.3, 0.4) is 0 Å². The predicted octanol–water partition coefficient (Wildman–Crippen LogP) is 2.44. The standard InChI is InChI=1S/C21H26FN3O3S/c1-15-12-18(13-20(16(15)2)29(23,27)28)21(26)25-9-3-8-24(10-11-25)14-17-4-6-19(22)7-5-17/h4-7,12-13H,3,8-11,14H2,1-2H3,(H2,23,27,28). The molecule has 0 aromatic heterocycles. The first-order valence-corrected chi connectivity index (χ1v) is 11.1. The van der Waals surface area contributed by atoms with Gasteiger partial charge in [-0.05, 0) is 61.2 Å². The SMILES string of the molecule is Cc1cc(C(=O)N2CCCN(Cc3ccc(F)cc3)CC2)cc(S(N)(=O)=O)c1C. The highest BCUT2D eigenvalue weighted by atomic mass is 32.2. The lowest BCUT2D eigenvalue weighted by Crippen LogP contribution is -2.35. The number of carbonyl (C=O) groups excluding carboxylic acids is 1. The minimum absolute atomic E-state index is 0.00592. The van der Waals surface area contributed by atoms with Crippen molar-refractivity contribution < 1.29 is 17.6 Å². The number of rotatable bonds is 4. The fourth-order valence-corrected chi connectivity index (χ4v) is 4.49. The van der Waals surface area contributed by atoms with Crippen LogP contribution in [0, 0.1) is 19.7 Å². The Balaban J connectivity index is 1.72. The van der Waals surface area contributed by atoms with Crippen molar-refractivity contribution in [2.24, 2.45) is 5.14 Å². The van der Waals surface area contributed by atoms with E-state index < -0.39 is 10.0 Å². The van der Waals surface area contributed by atoms with E-state index in [9.17, 15) is 17.6 Å². The molecule has 2 aromatic rings. The number of benzene rings is 2. The zero-order valence-electron chi connectivity index (χ0n) is 16.7. The number of aryl methyl sites for hydroxylation is 1. The number of carbonyl (C=O) groups is 1.